The third-order valence-corrected chi connectivity index (χ3v) is 9.42. The van der Waals surface area contributed by atoms with Gasteiger partial charge >= 0.3 is 0 Å². The number of alkyl halides is 2. The van der Waals surface area contributed by atoms with Crippen LogP contribution in [0.2, 0.25) is 0 Å². The highest BCUT2D eigenvalue weighted by atomic mass is 32.2. The number of unbranched alkanes of at least 4 members (excludes halogenated alkanes) is 2. The average Bonchev–Trinajstić information content (AvgIpc) is 2.83. The van der Waals surface area contributed by atoms with E-state index < -0.39 is 22.5 Å². The molecular weight excluding hydrogens is 410 g/mol. The largest absolute Gasteiger partial charge is 0.251 e. The molecule has 4 heteroatoms. The van der Waals surface area contributed by atoms with E-state index in [0.717, 1.165) is 37.0 Å². The number of hydrogen-bond donors (Lipinski definition) is 0. The highest BCUT2D eigenvalue weighted by Crippen LogP contribution is 2.43. The van der Waals surface area contributed by atoms with Crippen molar-refractivity contribution in [3.8, 4) is 0 Å². The Hall–Kier alpha value is -0.770. The van der Waals surface area contributed by atoms with Crippen molar-refractivity contribution in [3.05, 3.63) is 30.3 Å². The summed E-state index contributed by atoms with van der Waals surface area (Å²) in [5, 5.41) is 0. The van der Waals surface area contributed by atoms with E-state index in [-0.39, 0.29) is 6.42 Å². The van der Waals surface area contributed by atoms with Gasteiger partial charge in [0.25, 0.3) is 0 Å². The van der Waals surface area contributed by atoms with Gasteiger partial charge in [0.2, 0.25) is 5.50 Å². The summed E-state index contributed by atoms with van der Waals surface area (Å²) < 4.78 is 41.1. The molecule has 0 N–H and O–H groups in total. The Bertz CT molecular complexity index is 636. The summed E-state index contributed by atoms with van der Waals surface area (Å²) in [5.41, 5.74) is -1.92. The quantitative estimate of drug-likeness (QED) is 0.308. The van der Waals surface area contributed by atoms with Crippen LogP contribution >= 0.6 is 0 Å². The van der Waals surface area contributed by atoms with Gasteiger partial charge in [0, 0.05) is 4.90 Å². The Morgan fingerprint density at radius 3 is 1.94 bits per heavy atom. The van der Waals surface area contributed by atoms with E-state index in [1.807, 2.05) is 0 Å². The minimum Gasteiger partial charge on any atom is -0.251 e. The summed E-state index contributed by atoms with van der Waals surface area (Å²) in [6, 6.07) is 8.43. The Labute approximate surface area is 191 Å². The zero-order valence-electron chi connectivity index (χ0n) is 19.3. The van der Waals surface area contributed by atoms with Gasteiger partial charge in [-0.1, -0.05) is 76.5 Å². The predicted octanol–water partition coefficient (Wildman–Crippen LogP) is 8.40. The molecule has 1 unspecified atom stereocenters. The lowest BCUT2D eigenvalue weighted by Gasteiger charge is -2.38. The molecule has 0 radical (unpaired) electrons. The lowest BCUT2D eigenvalue weighted by molar-refractivity contribution is 0.132. The van der Waals surface area contributed by atoms with Crippen molar-refractivity contribution in [2.24, 2.45) is 23.7 Å². The summed E-state index contributed by atoms with van der Waals surface area (Å²) in [6.07, 6.45) is 15.3. The molecule has 2 aliphatic carbocycles. The molecule has 1 aromatic carbocycles. The molecule has 0 aliphatic heterocycles. The molecule has 3 rings (SSSR count). The van der Waals surface area contributed by atoms with Gasteiger partial charge in [0.15, 0.2) is 0 Å². The molecule has 2 fully saturated rings. The first-order valence-electron chi connectivity index (χ1n) is 12.8. The monoisotopic (exact) mass is 452 g/mol. The fourth-order valence-electron chi connectivity index (χ4n) is 5.92. The summed E-state index contributed by atoms with van der Waals surface area (Å²) >= 11 is 0. The Morgan fingerprint density at radius 2 is 1.39 bits per heavy atom. The molecule has 0 spiro atoms. The van der Waals surface area contributed by atoms with Crippen molar-refractivity contribution >= 4 is 10.8 Å². The van der Waals surface area contributed by atoms with Crippen molar-refractivity contribution in [3.63, 3.8) is 0 Å². The molecule has 3 atom stereocenters. The van der Waals surface area contributed by atoms with E-state index in [4.69, 9.17) is 0 Å². The zero-order valence-corrected chi connectivity index (χ0v) is 20.1. The van der Waals surface area contributed by atoms with Gasteiger partial charge in [0.1, 0.15) is 6.17 Å². The predicted molar refractivity (Wildman–Crippen MR) is 127 cm³/mol. The van der Waals surface area contributed by atoms with Gasteiger partial charge in [-0.3, -0.25) is 4.21 Å². The number of rotatable bonds is 11. The first-order chi connectivity index (χ1) is 15.1. The van der Waals surface area contributed by atoms with Gasteiger partial charge in [-0.05, 0) is 74.3 Å². The van der Waals surface area contributed by atoms with Gasteiger partial charge in [-0.15, -0.1) is 0 Å². The number of hydrogen-bond acceptors (Lipinski definition) is 1. The van der Waals surface area contributed by atoms with Gasteiger partial charge < -0.3 is 0 Å². The molecule has 176 valence electrons. The summed E-state index contributed by atoms with van der Waals surface area (Å²) in [6.45, 7) is 2.28. The van der Waals surface area contributed by atoms with E-state index in [9.17, 15) is 13.0 Å². The van der Waals surface area contributed by atoms with Crippen LogP contribution in [-0.4, -0.2) is 15.9 Å². The molecule has 31 heavy (non-hydrogen) atoms. The fourth-order valence-corrected chi connectivity index (χ4v) is 7.01. The fraction of sp³-hybridized carbons (Fsp3) is 0.778. The van der Waals surface area contributed by atoms with Gasteiger partial charge in [-0.2, -0.15) is 0 Å². The van der Waals surface area contributed by atoms with Crippen molar-refractivity contribution in [1.82, 2.24) is 0 Å². The minimum absolute atomic E-state index is 0.192. The molecule has 2 saturated carbocycles. The second-order valence-corrected chi connectivity index (χ2v) is 11.6. The van der Waals surface area contributed by atoms with Crippen molar-refractivity contribution < 1.29 is 13.0 Å². The van der Waals surface area contributed by atoms with Crippen molar-refractivity contribution in [2.75, 3.05) is 0 Å². The molecule has 0 saturated heterocycles. The Kier molecular flexibility index (Phi) is 10.5. The van der Waals surface area contributed by atoms with E-state index in [2.05, 4.69) is 6.92 Å². The number of benzene rings is 1. The first-order valence-corrected chi connectivity index (χ1v) is 14.0. The maximum absolute atomic E-state index is 14.4. The summed E-state index contributed by atoms with van der Waals surface area (Å²) in [4.78, 5) is 0.373. The van der Waals surface area contributed by atoms with Crippen LogP contribution in [0.15, 0.2) is 35.2 Å². The van der Waals surface area contributed by atoms with Crippen LogP contribution in [0.25, 0.3) is 0 Å². The Morgan fingerprint density at radius 1 is 0.839 bits per heavy atom. The van der Waals surface area contributed by atoms with Crippen molar-refractivity contribution in [1.29, 1.82) is 0 Å². The van der Waals surface area contributed by atoms with E-state index in [0.29, 0.717) is 10.8 Å². The van der Waals surface area contributed by atoms with Gasteiger partial charge in [-0.25, -0.2) is 8.78 Å². The second kappa shape index (κ2) is 13.1. The van der Waals surface area contributed by atoms with E-state index >= 15 is 0 Å². The molecule has 0 aromatic heterocycles. The maximum Gasteiger partial charge on any atom is 0.210 e. The van der Waals surface area contributed by atoms with Crippen LogP contribution in [0.1, 0.15) is 96.8 Å². The molecule has 0 bridgehead atoms. The SMILES string of the molecule is CCCCCC1CCC(C2CCC(CC[C@@H](F)[C@@H](F)S(=O)c3ccccc3)CC2)CC1. The Balaban J connectivity index is 1.33. The van der Waals surface area contributed by atoms with Crippen LogP contribution < -0.4 is 0 Å². The van der Waals surface area contributed by atoms with Crippen LogP contribution in [0.5, 0.6) is 0 Å². The van der Waals surface area contributed by atoms with Crippen LogP contribution in [0, 0.1) is 23.7 Å². The van der Waals surface area contributed by atoms with E-state index in [1.165, 1.54) is 64.2 Å². The third kappa shape index (κ3) is 7.65. The summed E-state index contributed by atoms with van der Waals surface area (Å²) in [5.74, 6) is 3.24. The molecule has 2 aliphatic rings. The highest BCUT2D eigenvalue weighted by molar-refractivity contribution is 7.85. The minimum atomic E-state index is -1.92. The first kappa shape index (κ1) is 24.9. The molecule has 1 nitrogen and oxygen atoms in total. The van der Waals surface area contributed by atoms with Crippen LogP contribution in [0.4, 0.5) is 8.78 Å². The molecule has 0 heterocycles. The lowest BCUT2D eigenvalue weighted by atomic mass is 9.68. The lowest BCUT2D eigenvalue weighted by Crippen LogP contribution is -2.27. The molecule has 1 aromatic rings. The summed E-state index contributed by atoms with van der Waals surface area (Å²) in [7, 11) is -1.92. The zero-order chi connectivity index (χ0) is 22.1. The second-order valence-electron chi connectivity index (χ2n) is 10.1. The van der Waals surface area contributed by atoms with Gasteiger partial charge in [0.05, 0.1) is 10.8 Å². The van der Waals surface area contributed by atoms with Crippen LogP contribution in [0.3, 0.4) is 0 Å². The highest BCUT2D eigenvalue weighted by Gasteiger charge is 2.32. The third-order valence-electron chi connectivity index (χ3n) is 7.98. The van der Waals surface area contributed by atoms with Crippen LogP contribution in [-0.2, 0) is 10.8 Å². The molecular formula is C27H42F2OS. The van der Waals surface area contributed by atoms with E-state index in [1.54, 1.807) is 30.3 Å². The topological polar surface area (TPSA) is 17.1 Å². The normalized spacial score (nSPS) is 29.9. The average molecular weight is 453 g/mol. The number of halogens is 2. The smallest absolute Gasteiger partial charge is 0.210 e. The van der Waals surface area contributed by atoms with Crippen molar-refractivity contribution in [2.45, 2.75) is 113 Å². The molecule has 0 amide bonds. The standard InChI is InChI=1S/C27H42F2OS/c1-2-3-5-8-21-11-16-23(17-12-21)24-18-13-22(14-19-24)15-20-26(28)27(29)31(30)25-9-6-4-7-10-25/h4,6-7,9-10,21-24,26-27H,2-3,5,8,11-20H2,1H3/t21?,22?,23?,24?,26-,27+,31?/m1/s1. The maximum atomic E-state index is 14.4.